The van der Waals surface area contributed by atoms with Crippen LogP contribution in [0.25, 0.3) is 4.96 Å². The Bertz CT molecular complexity index is 1050. The molecule has 7 heteroatoms. The third-order valence-corrected chi connectivity index (χ3v) is 7.18. The summed E-state index contributed by atoms with van der Waals surface area (Å²) in [6, 6.07) is 9.44. The van der Waals surface area contributed by atoms with Crippen molar-refractivity contribution in [3.05, 3.63) is 57.5 Å². The molecule has 1 aliphatic rings. The molecule has 1 saturated carbocycles. The predicted octanol–water partition coefficient (Wildman–Crippen LogP) is 4.88. The van der Waals surface area contributed by atoms with Crippen molar-refractivity contribution in [1.82, 2.24) is 9.38 Å². The summed E-state index contributed by atoms with van der Waals surface area (Å²) in [6.07, 6.45) is 5.47. The quantitative estimate of drug-likeness (QED) is 0.606. The Hall–Kier alpha value is -2.12. The van der Waals surface area contributed by atoms with E-state index >= 15 is 0 Å². The van der Waals surface area contributed by atoms with Crippen LogP contribution < -0.4 is 10.9 Å². The van der Waals surface area contributed by atoms with Gasteiger partial charge in [0.1, 0.15) is 0 Å². The maximum Gasteiger partial charge on any atom is 0.258 e. The van der Waals surface area contributed by atoms with Crippen LogP contribution in [0.15, 0.2) is 45.4 Å². The monoisotopic (exact) mass is 413 g/mol. The fourth-order valence-corrected chi connectivity index (χ4v) is 5.41. The van der Waals surface area contributed by atoms with Gasteiger partial charge in [-0.3, -0.25) is 14.0 Å². The van der Waals surface area contributed by atoms with Crippen molar-refractivity contribution in [2.75, 3.05) is 5.32 Å². The molecule has 1 fully saturated rings. The lowest BCUT2D eigenvalue weighted by molar-refractivity contribution is -0.120. The molecule has 5 nitrogen and oxygen atoms in total. The Labute approximate surface area is 172 Å². The third kappa shape index (κ3) is 4.15. The number of hydrogen-bond acceptors (Lipinski definition) is 5. The molecule has 0 aliphatic heterocycles. The number of amides is 1. The van der Waals surface area contributed by atoms with E-state index < -0.39 is 0 Å². The van der Waals surface area contributed by atoms with Crippen LogP contribution in [0.1, 0.15) is 43.5 Å². The van der Waals surface area contributed by atoms with Gasteiger partial charge in [-0.2, -0.15) is 0 Å². The molecule has 0 unspecified atom stereocenters. The molecule has 3 aromatic rings. The van der Waals surface area contributed by atoms with Crippen LogP contribution in [0.2, 0.25) is 0 Å². The van der Waals surface area contributed by atoms with Crippen LogP contribution in [0.3, 0.4) is 0 Å². The summed E-state index contributed by atoms with van der Waals surface area (Å²) in [5, 5.41) is 5.06. The number of fused-ring (bicyclic) bond motifs is 1. The van der Waals surface area contributed by atoms with Crippen LogP contribution in [0, 0.1) is 12.8 Å². The summed E-state index contributed by atoms with van der Waals surface area (Å²) >= 11 is 3.07. The Kier molecular flexibility index (Phi) is 5.82. The van der Waals surface area contributed by atoms with Gasteiger partial charge in [-0.1, -0.05) is 31.4 Å². The molecule has 2 heterocycles. The van der Waals surface area contributed by atoms with E-state index in [1.807, 2.05) is 36.6 Å². The largest absolute Gasteiger partial charge is 0.325 e. The molecule has 0 radical (unpaired) electrons. The van der Waals surface area contributed by atoms with E-state index in [0.29, 0.717) is 5.75 Å². The number of rotatable bonds is 5. The van der Waals surface area contributed by atoms with Gasteiger partial charge in [-0.15, -0.1) is 23.1 Å². The minimum Gasteiger partial charge on any atom is -0.325 e. The zero-order valence-corrected chi connectivity index (χ0v) is 17.4. The molecule has 1 amide bonds. The first-order valence-electron chi connectivity index (χ1n) is 9.61. The van der Waals surface area contributed by atoms with E-state index in [-0.39, 0.29) is 17.4 Å². The molecule has 146 valence electrons. The second-order valence-electron chi connectivity index (χ2n) is 7.19. The second kappa shape index (κ2) is 8.49. The predicted molar refractivity (Wildman–Crippen MR) is 115 cm³/mol. The molecule has 28 heavy (non-hydrogen) atoms. The van der Waals surface area contributed by atoms with Gasteiger partial charge in [0, 0.05) is 33.7 Å². The summed E-state index contributed by atoms with van der Waals surface area (Å²) in [6.45, 7) is 1.91. The van der Waals surface area contributed by atoms with Crippen molar-refractivity contribution < 1.29 is 4.79 Å². The molecule has 2 aromatic heterocycles. The number of para-hydroxylation sites is 1. The minimum atomic E-state index is -0.0433. The highest BCUT2D eigenvalue weighted by atomic mass is 32.2. The third-order valence-electron chi connectivity index (χ3n) is 5.13. The van der Waals surface area contributed by atoms with Gasteiger partial charge in [0.25, 0.3) is 5.56 Å². The first kappa shape index (κ1) is 19.2. The first-order chi connectivity index (χ1) is 13.6. The molecule has 1 N–H and O–H groups in total. The Morgan fingerprint density at radius 3 is 2.89 bits per heavy atom. The van der Waals surface area contributed by atoms with Crippen LogP contribution in [-0.4, -0.2) is 15.3 Å². The number of nitrogens with zero attached hydrogens (tertiary/aromatic N) is 2. The Balaban J connectivity index is 1.48. The molecule has 0 bridgehead atoms. The summed E-state index contributed by atoms with van der Waals surface area (Å²) in [5.41, 5.74) is 2.46. The summed E-state index contributed by atoms with van der Waals surface area (Å²) in [4.78, 5) is 31.3. The number of thiazole rings is 1. The van der Waals surface area contributed by atoms with Gasteiger partial charge < -0.3 is 5.32 Å². The SMILES string of the molecule is Cc1csc2nc(CSc3ccccc3NC(=O)C3CCCCC3)cc(=O)n12. The van der Waals surface area contributed by atoms with Crippen molar-refractivity contribution >= 4 is 39.7 Å². The van der Waals surface area contributed by atoms with Crippen molar-refractivity contribution in [3.8, 4) is 0 Å². The molecule has 1 aromatic carbocycles. The molecule has 0 saturated heterocycles. The molecular weight excluding hydrogens is 390 g/mol. The standard InChI is InChI=1S/C21H23N3O2S2/c1-14-12-28-21-22-16(11-19(25)24(14)21)13-27-18-10-6-5-9-17(18)23-20(26)15-7-3-2-4-8-15/h5-6,9-12,15H,2-4,7-8,13H2,1H3,(H,23,26). The summed E-state index contributed by atoms with van der Waals surface area (Å²) in [5.74, 6) is 0.830. The highest BCUT2D eigenvalue weighted by Crippen LogP contribution is 2.31. The van der Waals surface area contributed by atoms with Gasteiger partial charge in [0.05, 0.1) is 11.4 Å². The molecule has 0 spiro atoms. The van der Waals surface area contributed by atoms with E-state index in [1.54, 1.807) is 22.2 Å². The van der Waals surface area contributed by atoms with Gasteiger partial charge in [-0.25, -0.2) is 4.98 Å². The number of nitrogens with one attached hydrogen (secondary N) is 1. The van der Waals surface area contributed by atoms with Gasteiger partial charge in [0.15, 0.2) is 4.96 Å². The van der Waals surface area contributed by atoms with Gasteiger partial charge >= 0.3 is 0 Å². The molecule has 1 aliphatic carbocycles. The van der Waals surface area contributed by atoms with E-state index in [9.17, 15) is 9.59 Å². The van der Waals surface area contributed by atoms with Crippen molar-refractivity contribution in [3.63, 3.8) is 0 Å². The normalized spacial score (nSPS) is 15.0. The fourth-order valence-electron chi connectivity index (χ4n) is 3.62. The zero-order chi connectivity index (χ0) is 19.5. The summed E-state index contributed by atoms with van der Waals surface area (Å²) < 4.78 is 1.64. The molecule has 4 rings (SSSR count). The van der Waals surface area contributed by atoms with Crippen LogP contribution >= 0.6 is 23.1 Å². The van der Waals surface area contributed by atoms with Crippen LogP contribution in [0.4, 0.5) is 5.69 Å². The number of hydrogen-bond donors (Lipinski definition) is 1. The fraction of sp³-hybridized carbons (Fsp3) is 0.381. The highest BCUT2D eigenvalue weighted by molar-refractivity contribution is 7.98. The zero-order valence-electron chi connectivity index (χ0n) is 15.8. The lowest BCUT2D eigenvalue weighted by atomic mass is 9.88. The van der Waals surface area contributed by atoms with E-state index in [1.165, 1.54) is 17.8 Å². The average molecular weight is 414 g/mol. The number of aromatic nitrogens is 2. The maximum absolute atomic E-state index is 12.6. The lowest BCUT2D eigenvalue weighted by Crippen LogP contribution is -2.24. The first-order valence-corrected chi connectivity index (χ1v) is 11.5. The number of anilines is 1. The van der Waals surface area contributed by atoms with E-state index in [2.05, 4.69) is 10.3 Å². The lowest BCUT2D eigenvalue weighted by Gasteiger charge is -2.21. The van der Waals surface area contributed by atoms with Crippen molar-refractivity contribution in [2.45, 2.75) is 49.7 Å². The number of carbonyl (C=O) groups excluding carboxylic acids is 1. The number of aryl methyl sites for hydroxylation is 1. The van der Waals surface area contributed by atoms with Crippen molar-refractivity contribution in [1.29, 1.82) is 0 Å². The Morgan fingerprint density at radius 1 is 1.29 bits per heavy atom. The highest BCUT2D eigenvalue weighted by Gasteiger charge is 2.21. The topological polar surface area (TPSA) is 63.5 Å². The van der Waals surface area contributed by atoms with E-state index in [0.717, 1.165) is 52.6 Å². The van der Waals surface area contributed by atoms with Gasteiger partial charge in [0.2, 0.25) is 5.91 Å². The number of benzene rings is 1. The Morgan fingerprint density at radius 2 is 2.07 bits per heavy atom. The van der Waals surface area contributed by atoms with Crippen LogP contribution in [-0.2, 0) is 10.5 Å². The second-order valence-corrected chi connectivity index (χ2v) is 9.04. The summed E-state index contributed by atoms with van der Waals surface area (Å²) in [7, 11) is 0. The molecule has 0 atom stereocenters. The van der Waals surface area contributed by atoms with Crippen molar-refractivity contribution in [2.24, 2.45) is 5.92 Å². The average Bonchev–Trinajstić information content (AvgIpc) is 3.09. The van der Waals surface area contributed by atoms with E-state index in [4.69, 9.17) is 0 Å². The number of thioether (sulfide) groups is 1. The minimum absolute atomic E-state index is 0.0433. The molecular formula is C21H23N3O2S2. The number of carbonyl (C=O) groups is 1. The smallest absolute Gasteiger partial charge is 0.258 e. The van der Waals surface area contributed by atoms with Crippen LogP contribution in [0.5, 0.6) is 0 Å². The van der Waals surface area contributed by atoms with Gasteiger partial charge in [-0.05, 0) is 31.9 Å². The maximum atomic E-state index is 12.6.